The minimum absolute atomic E-state index is 0.0487. The zero-order valence-corrected chi connectivity index (χ0v) is 17.7. The van der Waals surface area contributed by atoms with Crippen LogP contribution in [0.1, 0.15) is 19.8 Å². The number of anilines is 1. The molecule has 2 aromatic carbocycles. The zero-order valence-electron chi connectivity index (χ0n) is 16.9. The smallest absolute Gasteiger partial charge is 0.242 e. The van der Waals surface area contributed by atoms with Crippen LogP contribution in [-0.4, -0.2) is 40.3 Å². The molecule has 0 aromatic heterocycles. The van der Waals surface area contributed by atoms with Crippen LogP contribution in [0, 0.1) is 0 Å². The van der Waals surface area contributed by atoms with Crippen LogP contribution in [0.4, 0.5) is 11.4 Å². The van der Waals surface area contributed by atoms with E-state index >= 15 is 0 Å². The number of carbonyl (C=O) groups excluding carboxylic acids is 2. The van der Waals surface area contributed by atoms with Crippen LogP contribution in [0.15, 0.2) is 72.2 Å². The molecule has 30 heavy (non-hydrogen) atoms. The molecule has 1 fully saturated rings. The van der Waals surface area contributed by atoms with Crippen molar-refractivity contribution < 1.29 is 14.3 Å². The predicted molar refractivity (Wildman–Crippen MR) is 122 cm³/mol. The number of amides is 2. The number of rotatable bonds is 9. The van der Waals surface area contributed by atoms with Crippen LogP contribution in [0.5, 0.6) is 5.75 Å². The first-order valence-corrected chi connectivity index (χ1v) is 10.7. The second kappa shape index (κ2) is 10.6. The Kier molecular flexibility index (Phi) is 7.68. The Balaban J connectivity index is 1.70. The van der Waals surface area contributed by atoms with Crippen LogP contribution in [0.3, 0.4) is 0 Å². The van der Waals surface area contributed by atoms with E-state index in [2.05, 4.69) is 16.9 Å². The van der Waals surface area contributed by atoms with Crippen LogP contribution >= 0.6 is 11.8 Å². The van der Waals surface area contributed by atoms with Crippen LogP contribution in [-0.2, 0) is 9.59 Å². The molecule has 2 aromatic rings. The van der Waals surface area contributed by atoms with Crippen molar-refractivity contribution in [2.45, 2.75) is 25.0 Å². The predicted octanol–water partition coefficient (Wildman–Crippen LogP) is 4.62. The maximum absolute atomic E-state index is 12.9. The van der Waals surface area contributed by atoms with Gasteiger partial charge in [-0.05, 0) is 30.7 Å². The van der Waals surface area contributed by atoms with Gasteiger partial charge < -0.3 is 10.1 Å². The Morgan fingerprint density at radius 2 is 1.97 bits per heavy atom. The number of nitrogens with one attached hydrogen (secondary N) is 1. The molecule has 0 saturated carbocycles. The number of thioether (sulfide) groups is 1. The summed E-state index contributed by atoms with van der Waals surface area (Å²) in [6, 6.07) is 16.7. The normalized spacial score (nSPS) is 17.2. The van der Waals surface area contributed by atoms with Crippen LogP contribution in [0.25, 0.3) is 0 Å². The van der Waals surface area contributed by atoms with Gasteiger partial charge in [-0.2, -0.15) is 0 Å². The summed E-state index contributed by atoms with van der Waals surface area (Å²) in [7, 11) is 0. The molecule has 1 N–H and O–H groups in total. The Hall–Kier alpha value is -3.06. The lowest BCUT2D eigenvalue weighted by molar-refractivity contribution is -0.127. The highest BCUT2D eigenvalue weighted by molar-refractivity contribution is 8.15. The fraction of sp³-hybridized carbons (Fsp3) is 0.261. The van der Waals surface area contributed by atoms with Crippen molar-refractivity contribution in [3.05, 3.63) is 67.3 Å². The van der Waals surface area contributed by atoms with E-state index < -0.39 is 5.25 Å². The molecule has 1 aliphatic heterocycles. The van der Waals surface area contributed by atoms with E-state index in [1.165, 1.54) is 11.8 Å². The Labute approximate surface area is 181 Å². The molecule has 0 spiro atoms. The first-order chi connectivity index (χ1) is 14.6. The van der Waals surface area contributed by atoms with Gasteiger partial charge in [0.25, 0.3) is 0 Å². The molecular formula is C23H25N3O3S. The minimum atomic E-state index is -0.531. The lowest BCUT2D eigenvalue weighted by Crippen LogP contribution is -2.33. The SMILES string of the molecule is C=CCN1C(=O)[C@H](CC(=O)Nc2ccccc2OCCC)SC1=Nc1ccccc1. The Morgan fingerprint density at radius 3 is 2.70 bits per heavy atom. The summed E-state index contributed by atoms with van der Waals surface area (Å²) in [6.07, 6.45) is 2.58. The molecule has 1 aliphatic rings. The molecule has 0 radical (unpaired) electrons. The van der Waals surface area contributed by atoms with E-state index in [1.807, 2.05) is 55.5 Å². The average Bonchev–Trinajstić information content (AvgIpc) is 3.03. The molecule has 2 amide bonds. The highest BCUT2D eigenvalue weighted by Gasteiger charge is 2.38. The van der Waals surface area contributed by atoms with Crippen molar-refractivity contribution >= 4 is 40.1 Å². The summed E-state index contributed by atoms with van der Waals surface area (Å²) in [5, 5.41) is 2.92. The van der Waals surface area contributed by atoms with Gasteiger partial charge in [0, 0.05) is 13.0 Å². The molecule has 1 heterocycles. The molecule has 3 rings (SSSR count). The maximum atomic E-state index is 12.9. The molecule has 1 atom stereocenters. The van der Waals surface area contributed by atoms with E-state index in [-0.39, 0.29) is 18.2 Å². The first-order valence-electron chi connectivity index (χ1n) is 9.86. The number of ether oxygens (including phenoxy) is 1. The van der Waals surface area contributed by atoms with E-state index in [9.17, 15) is 9.59 Å². The van der Waals surface area contributed by atoms with Crippen LogP contribution < -0.4 is 10.1 Å². The second-order valence-corrected chi connectivity index (χ2v) is 7.84. The third-order valence-electron chi connectivity index (χ3n) is 4.31. The lowest BCUT2D eigenvalue weighted by Gasteiger charge is -2.14. The minimum Gasteiger partial charge on any atom is -0.491 e. The van der Waals surface area contributed by atoms with E-state index in [4.69, 9.17) is 4.74 Å². The fourth-order valence-electron chi connectivity index (χ4n) is 2.91. The van der Waals surface area contributed by atoms with Gasteiger partial charge in [-0.3, -0.25) is 14.5 Å². The lowest BCUT2D eigenvalue weighted by atomic mass is 10.2. The standard InChI is InChI=1S/C23H25N3O3S/c1-3-14-26-22(28)20(30-23(26)24-17-10-6-5-7-11-17)16-21(27)25-18-12-8-9-13-19(18)29-15-4-2/h3,5-13,20H,1,4,14-16H2,2H3,(H,25,27)/t20-/m0/s1. The van der Waals surface area contributed by atoms with E-state index in [1.54, 1.807) is 17.0 Å². The zero-order chi connectivity index (χ0) is 21.3. The number of hydrogen-bond acceptors (Lipinski definition) is 5. The first kappa shape index (κ1) is 21.6. The Morgan fingerprint density at radius 1 is 1.23 bits per heavy atom. The summed E-state index contributed by atoms with van der Waals surface area (Å²) >= 11 is 1.31. The van der Waals surface area contributed by atoms with E-state index in [0.29, 0.717) is 29.8 Å². The summed E-state index contributed by atoms with van der Waals surface area (Å²) in [5.41, 5.74) is 1.36. The fourth-order valence-corrected chi connectivity index (χ4v) is 4.08. The van der Waals surface area contributed by atoms with Gasteiger partial charge in [0.1, 0.15) is 11.0 Å². The number of nitrogens with zero attached hydrogens (tertiary/aromatic N) is 2. The van der Waals surface area contributed by atoms with Crippen LogP contribution in [0.2, 0.25) is 0 Å². The highest BCUT2D eigenvalue weighted by atomic mass is 32.2. The largest absolute Gasteiger partial charge is 0.491 e. The van der Waals surface area contributed by atoms with Crippen molar-refractivity contribution in [3.63, 3.8) is 0 Å². The molecular weight excluding hydrogens is 398 g/mol. The molecule has 0 unspecified atom stereocenters. The van der Waals surface area contributed by atoms with Crippen molar-refractivity contribution in [3.8, 4) is 5.75 Å². The van der Waals surface area contributed by atoms with E-state index in [0.717, 1.165) is 12.1 Å². The molecule has 0 bridgehead atoms. The average molecular weight is 424 g/mol. The van der Waals surface area contributed by atoms with Gasteiger partial charge in [0.2, 0.25) is 11.8 Å². The second-order valence-electron chi connectivity index (χ2n) is 6.67. The maximum Gasteiger partial charge on any atom is 0.242 e. The van der Waals surface area contributed by atoms with Gasteiger partial charge in [-0.25, -0.2) is 4.99 Å². The number of benzene rings is 2. The number of hydrogen-bond donors (Lipinski definition) is 1. The van der Waals surface area contributed by atoms with Gasteiger partial charge in [0.15, 0.2) is 5.17 Å². The number of para-hydroxylation sites is 3. The van der Waals surface area contributed by atoms with Crippen molar-refractivity contribution in [2.75, 3.05) is 18.5 Å². The third kappa shape index (κ3) is 5.51. The molecule has 0 aliphatic carbocycles. The van der Waals surface area contributed by atoms with Gasteiger partial charge in [0.05, 0.1) is 18.0 Å². The number of aliphatic imine (C=N–C) groups is 1. The van der Waals surface area contributed by atoms with Gasteiger partial charge in [-0.1, -0.05) is 55.1 Å². The summed E-state index contributed by atoms with van der Waals surface area (Å²) < 4.78 is 5.69. The molecule has 7 heteroatoms. The third-order valence-corrected chi connectivity index (χ3v) is 5.48. The Bertz CT molecular complexity index is 930. The highest BCUT2D eigenvalue weighted by Crippen LogP contribution is 2.32. The molecule has 156 valence electrons. The topological polar surface area (TPSA) is 71.0 Å². The molecule has 6 nitrogen and oxygen atoms in total. The van der Waals surface area contributed by atoms with Gasteiger partial charge >= 0.3 is 0 Å². The summed E-state index contributed by atoms with van der Waals surface area (Å²) in [4.78, 5) is 31.7. The number of amidine groups is 1. The van der Waals surface area contributed by atoms with Crippen molar-refractivity contribution in [1.82, 2.24) is 4.90 Å². The summed E-state index contributed by atoms with van der Waals surface area (Å²) in [5.74, 6) is 0.242. The van der Waals surface area contributed by atoms with Crippen molar-refractivity contribution in [2.24, 2.45) is 4.99 Å². The quantitative estimate of drug-likeness (QED) is 0.598. The monoisotopic (exact) mass is 423 g/mol. The van der Waals surface area contributed by atoms with Gasteiger partial charge in [-0.15, -0.1) is 6.58 Å². The summed E-state index contributed by atoms with van der Waals surface area (Å²) in [6.45, 7) is 6.67. The molecule has 1 saturated heterocycles. The number of carbonyl (C=O) groups is 2. The van der Waals surface area contributed by atoms with Crippen molar-refractivity contribution in [1.29, 1.82) is 0 Å².